The van der Waals surface area contributed by atoms with E-state index in [1.165, 1.54) is 18.2 Å². The van der Waals surface area contributed by atoms with E-state index in [-0.39, 0.29) is 10.6 Å². The van der Waals surface area contributed by atoms with Gasteiger partial charge in [-0.3, -0.25) is 10.1 Å². The van der Waals surface area contributed by atoms with Crippen molar-refractivity contribution in [3.63, 3.8) is 0 Å². The van der Waals surface area contributed by atoms with Gasteiger partial charge in [0.1, 0.15) is 10.7 Å². The maximum atomic E-state index is 13.4. The van der Waals surface area contributed by atoms with Crippen LogP contribution in [0.3, 0.4) is 0 Å². The molecular formula is C14H9Br2FN2O4S. The largest absolute Gasteiger partial charge is 0.451 e. The van der Waals surface area contributed by atoms with E-state index in [1.807, 2.05) is 5.32 Å². The van der Waals surface area contributed by atoms with Crippen molar-refractivity contribution >= 4 is 66.8 Å². The molecule has 1 heterocycles. The summed E-state index contributed by atoms with van der Waals surface area (Å²) in [7, 11) is 0. The van der Waals surface area contributed by atoms with Crippen molar-refractivity contribution < 1.29 is 23.5 Å². The lowest BCUT2D eigenvalue weighted by atomic mass is 10.3. The molecule has 2 rings (SSSR count). The zero-order chi connectivity index (χ0) is 17.7. The van der Waals surface area contributed by atoms with E-state index < -0.39 is 30.3 Å². The Labute approximate surface area is 156 Å². The van der Waals surface area contributed by atoms with Crippen LogP contribution in [0.5, 0.6) is 0 Å². The lowest BCUT2D eigenvalue weighted by Crippen LogP contribution is -2.37. The van der Waals surface area contributed by atoms with Crippen molar-refractivity contribution in [3.05, 3.63) is 49.3 Å². The molecule has 1 aromatic heterocycles. The van der Waals surface area contributed by atoms with Gasteiger partial charge < -0.3 is 10.1 Å². The molecule has 3 amide bonds. The summed E-state index contributed by atoms with van der Waals surface area (Å²) in [6.07, 6.45) is 0. The standard InChI is InChI=1S/C14H9Br2FN2O4S/c15-7-5-10(24-12(7)16)13(21)23-6-11(20)19-14(22)18-9-4-2-1-3-8(9)17/h1-5H,6H2,(H2,18,19,20,22). The second kappa shape index (κ2) is 8.36. The number of halogens is 3. The molecule has 10 heteroatoms. The SMILES string of the molecule is O=C(COC(=O)c1cc(Br)c(Br)s1)NC(=O)Nc1ccccc1F. The molecule has 0 bridgehead atoms. The van der Waals surface area contributed by atoms with E-state index in [1.54, 1.807) is 6.07 Å². The normalized spacial score (nSPS) is 10.1. The fraction of sp³-hybridized carbons (Fsp3) is 0.0714. The Morgan fingerprint density at radius 1 is 1.21 bits per heavy atom. The number of imide groups is 1. The summed E-state index contributed by atoms with van der Waals surface area (Å²) in [6.45, 7) is -0.642. The van der Waals surface area contributed by atoms with Crippen LogP contribution in [0.2, 0.25) is 0 Å². The van der Waals surface area contributed by atoms with Gasteiger partial charge in [0.05, 0.1) is 9.47 Å². The predicted molar refractivity (Wildman–Crippen MR) is 93.6 cm³/mol. The van der Waals surface area contributed by atoms with E-state index in [0.717, 1.165) is 17.4 Å². The molecule has 1 aromatic carbocycles. The van der Waals surface area contributed by atoms with Crippen molar-refractivity contribution in [2.24, 2.45) is 0 Å². The molecule has 0 unspecified atom stereocenters. The Hall–Kier alpha value is -1.78. The summed E-state index contributed by atoms with van der Waals surface area (Å²) >= 11 is 7.60. The number of para-hydroxylation sites is 1. The van der Waals surface area contributed by atoms with Gasteiger partial charge in [-0.2, -0.15) is 0 Å². The Kier molecular flexibility index (Phi) is 6.46. The van der Waals surface area contributed by atoms with Gasteiger partial charge in [-0.15, -0.1) is 11.3 Å². The summed E-state index contributed by atoms with van der Waals surface area (Å²) in [6, 6.07) is 6.11. The van der Waals surface area contributed by atoms with Crippen LogP contribution in [0.1, 0.15) is 9.67 Å². The summed E-state index contributed by atoms with van der Waals surface area (Å²) in [4.78, 5) is 35.2. The first-order valence-corrected chi connectivity index (χ1v) is 8.74. The molecular weight excluding hydrogens is 471 g/mol. The lowest BCUT2D eigenvalue weighted by Gasteiger charge is -2.07. The Morgan fingerprint density at radius 2 is 1.92 bits per heavy atom. The number of esters is 1. The van der Waals surface area contributed by atoms with Crippen LogP contribution in [0.15, 0.2) is 38.6 Å². The molecule has 0 aliphatic carbocycles. The number of carbonyl (C=O) groups is 3. The first-order chi connectivity index (χ1) is 11.4. The van der Waals surface area contributed by atoms with Crippen LogP contribution in [0.4, 0.5) is 14.9 Å². The van der Waals surface area contributed by atoms with E-state index in [4.69, 9.17) is 4.74 Å². The van der Waals surface area contributed by atoms with Gasteiger partial charge in [0.15, 0.2) is 6.61 Å². The summed E-state index contributed by atoms with van der Waals surface area (Å²) in [5.74, 6) is -2.18. The van der Waals surface area contributed by atoms with Crippen molar-refractivity contribution in [3.8, 4) is 0 Å². The number of hydrogen-bond donors (Lipinski definition) is 2. The number of ether oxygens (including phenoxy) is 1. The maximum Gasteiger partial charge on any atom is 0.348 e. The van der Waals surface area contributed by atoms with Crippen LogP contribution >= 0.6 is 43.2 Å². The Balaban J connectivity index is 1.81. The first kappa shape index (κ1) is 18.6. The van der Waals surface area contributed by atoms with Gasteiger partial charge in [-0.25, -0.2) is 14.0 Å². The highest BCUT2D eigenvalue weighted by Gasteiger charge is 2.16. The number of benzene rings is 1. The van der Waals surface area contributed by atoms with E-state index in [9.17, 15) is 18.8 Å². The molecule has 0 aliphatic heterocycles. The quantitative estimate of drug-likeness (QED) is 0.651. The summed E-state index contributed by atoms with van der Waals surface area (Å²) < 4.78 is 19.6. The van der Waals surface area contributed by atoms with Crippen molar-refractivity contribution in [2.45, 2.75) is 0 Å². The fourth-order valence-electron chi connectivity index (χ4n) is 1.53. The highest BCUT2D eigenvalue weighted by molar-refractivity contribution is 9.13. The molecule has 0 saturated carbocycles. The summed E-state index contributed by atoms with van der Waals surface area (Å²) in [5.41, 5.74) is -0.0759. The minimum absolute atomic E-state index is 0.0759. The zero-order valence-electron chi connectivity index (χ0n) is 11.8. The topological polar surface area (TPSA) is 84.5 Å². The van der Waals surface area contributed by atoms with Gasteiger partial charge in [-0.1, -0.05) is 12.1 Å². The average molecular weight is 480 g/mol. The number of carbonyl (C=O) groups excluding carboxylic acids is 3. The van der Waals surface area contributed by atoms with Crippen LogP contribution in [-0.4, -0.2) is 24.5 Å². The number of rotatable bonds is 4. The lowest BCUT2D eigenvalue weighted by molar-refractivity contribution is -0.123. The smallest absolute Gasteiger partial charge is 0.348 e. The van der Waals surface area contributed by atoms with Gasteiger partial charge >= 0.3 is 12.0 Å². The molecule has 24 heavy (non-hydrogen) atoms. The molecule has 2 N–H and O–H groups in total. The third kappa shape index (κ3) is 5.11. The van der Waals surface area contributed by atoms with E-state index in [0.29, 0.717) is 8.26 Å². The van der Waals surface area contributed by atoms with Gasteiger partial charge in [-0.05, 0) is 50.1 Å². The Bertz CT molecular complexity index is 777. The van der Waals surface area contributed by atoms with E-state index >= 15 is 0 Å². The van der Waals surface area contributed by atoms with Crippen LogP contribution < -0.4 is 10.6 Å². The molecule has 0 atom stereocenters. The molecule has 0 spiro atoms. The predicted octanol–water partition coefficient (Wildman–Crippen LogP) is 3.92. The minimum atomic E-state index is -0.928. The molecule has 126 valence electrons. The van der Waals surface area contributed by atoms with Crippen molar-refractivity contribution in [2.75, 3.05) is 11.9 Å². The molecule has 0 radical (unpaired) electrons. The summed E-state index contributed by atoms with van der Waals surface area (Å²) in [5, 5.41) is 4.11. The average Bonchev–Trinajstić information content (AvgIpc) is 2.86. The number of thiophene rings is 1. The van der Waals surface area contributed by atoms with Gasteiger partial charge in [0, 0.05) is 4.47 Å². The fourth-order valence-corrected chi connectivity index (χ4v) is 3.46. The number of nitrogens with one attached hydrogen (secondary N) is 2. The van der Waals surface area contributed by atoms with Crippen LogP contribution in [0, 0.1) is 5.82 Å². The third-order valence-electron chi connectivity index (χ3n) is 2.56. The van der Waals surface area contributed by atoms with Crippen LogP contribution in [0.25, 0.3) is 0 Å². The molecule has 0 saturated heterocycles. The molecule has 0 aliphatic rings. The second-order valence-electron chi connectivity index (χ2n) is 4.29. The van der Waals surface area contributed by atoms with E-state index in [2.05, 4.69) is 37.2 Å². The Morgan fingerprint density at radius 3 is 2.54 bits per heavy atom. The zero-order valence-corrected chi connectivity index (χ0v) is 15.8. The second-order valence-corrected chi connectivity index (χ2v) is 7.52. The van der Waals surface area contributed by atoms with Crippen molar-refractivity contribution in [1.29, 1.82) is 0 Å². The highest BCUT2D eigenvalue weighted by atomic mass is 79.9. The number of anilines is 1. The molecule has 6 nitrogen and oxygen atoms in total. The minimum Gasteiger partial charge on any atom is -0.451 e. The molecule has 0 fully saturated rings. The number of urea groups is 1. The highest BCUT2D eigenvalue weighted by Crippen LogP contribution is 2.32. The monoisotopic (exact) mass is 478 g/mol. The maximum absolute atomic E-state index is 13.4. The number of hydrogen-bond acceptors (Lipinski definition) is 5. The van der Waals surface area contributed by atoms with Crippen LogP contribution in [-0.2, 0) is 9.53 Å². The first-order valence-electron chi connectivity index (χ1n) is 6.34. The molecule has 2 aromatic rings. The number of amides is 3. The third-order valence-corrected chi connectivity index (χ3v) is 5.79. The van der Waals surface area contributed by atoms with Gasteiger partial charge in [0.25, 0.3) is 5.91 Å². The van der Waals surface area contributed by atoms with Gasteiger partial charge in [0.2, 0.25) is 0 Å². The van der Waals surface area contributed by atoms with Crippen molar-refractivity contribution in [1.82, 2.24) is 5.32 Å².